The first-order valence-electron chi connectivity index (χ1n) is 29.7. The van der Waals surface area contributed by atoms with Crippen molar-refractivity contribution in [3.8, 4) is 0 Å². The van der Waals surface area contributed by atoms with E-state index in [2.05, 4.69) is 96.0 Å². The van der Waals surface area contributed by atoms with E-state index in [4.69, 9.17) is 9.47 Å². The van der Waals surface area contributed by atoms with E-state index < -0.39 is 0 Å². The summed E-state index contributed by atoms with van der Waals surface area (Å²) in [6.07, 6.45) is 40.8. The van der Waals surface area contributed by atoms with Crippen LogP contribution in [0.2, 0.25) is 0 Å². The molecule has 2 heterocycles. The number of pyridine rings is 2. The van der Waals surface area contributed by atoms with Crippen LogP contribution in [0.1, 0.15) is 250 Å². The van der Waals surface area contributed by atoms with Crippen LogP contribution >= 0.6 is 0 Å². The van der Waals surface area contributed by atoms with Gasteiger partial charge in [0.1, 0.15) is 0 Å². The predicted molar refractivity (Wildman–Crippen MR) is 299 cm³/mol. The van der Waals surface area contributed by atoms with Crippen LogP contribution in [0, 0.1) is 11.8 Å². The number of nitrogens with zero attached hydrogens (tertiary/aromatic N) is 4. The van der Waals surface area contributed by atoms with Crippen molar-refractivity contribution in [2.75, 3.05) is 31.2 Å². The van der Waals surface area contributed by atoms with Gasteiger partial charge < -0.3 is 14.4 Å². The van der Waals surface area contributed by atoms with Crippen molar-refractivity contribution < 1.29 is 19.1 Å². The molecule has 8 nitrogen and oxygen atoms in total. The van der Waals surface area contributed by atoms with Crippen LogP contribution < -0.4 is 4.90 Å². The number of benzene rings is 1. The summed E-state index contributed by atoms with van der Waals surface area (Å²) in [4.78, 5) is 40.8. The third-order valence-electron chi connectivity index (χ3n) is 14.4. The highest BCUT2D eigenvalue weighted by Crippen LogP contribution is 2.24. The van der Waals surface area contributed by atoms with E-state index >= 15 is 0 Å². The van der Waals surface area contributed by atoms with Crippen molar-refractivity contribution in [3.63, 3.8) is 0 Å². The van der Waals surface area contributed by atoms with Crippen LogP contribution in [0.25, 0.3) is 0 Å². The van der Waals surface area contributed by atoms with Crippen LogP contribution in [0.5, 0.6) is 0 Å². The Morgan fingerprint density at radius 1 is 0.423 bits per heavy atom. The molecule has 71 heavy (non-hydrogen) atoms. The van der Waals surface area contributed by atoms with E-state index in [9.17, 15) is 9.59 Å². The Hall–Kier alpha value is -3.78. The first-order chi connectivity index (χ1) is 35.0. The van der Waals surface area contributed by atoms with Crippen LogP contribution in [0.4, 0.5) is 5.69 Å². The number of ether oxygens (including phenoxy) is 2. The van der Waals surface area contributed by atoms with Crippen molar-refractivity contribution in [3.05, 3.63) is 90.0 Å². The Bertz CT molecular complexity index is 1570. The number of unbranched alkanes of at least 4 members (excludes halogenated alkanes) is 22. The molecule has 0 saturated heterocycles. The van der Waals surface area contributed by atoms with Gasteiger partial charge in [0.15, 0.2) is 0 Å². The summed E-state index contributed by atoms with van der Waals surface area (Å²) in [5.41, 5.74) is 4.65. The van der Waals surface area contributed by atoms with Gasteiger partial charge in [0.2, 0.25) is 0 Å². The highest BCUT2D eigenvalue weighted by Gasteiger charge is 2.21. The third-order valence-corrected chi connectivity index (χ3v) is 14.4. The van der Waals surface area contributed by atoms with Crippen molar-refractivity contribution in [1.82, 2.24) is 14.9 Å². The van der Waals surface area contributed by atoms with E-state index in [-0.39, 0.29) is 23.8 Å². The summed E-state index contributed by atoms with van der Waals surface area (Å²) in [6, 6.07) is 21.5. The summed E-state index contributed by atoms with van der Waals surface area (Å²) in [5, 5.41) is 0. The summed E-state index contributed by atoms with van der Waals surface area (Å²) in [5.74, 6) is 0.222. The highest BCUT2D eigenvalue weighted by molar-refractivity contribution is 5.72. The normalized spacial score (nSPS) is 12.3. The standard InChI is InChI=1S/C63H104N4O4/c1-5-9-13-17-19-27-39-57(37-25-15-11-7-3)62(68)70-51-35-23-21-33-49-67(50-34-22-24-36-52-71-63(69)58(38-26-16-12-8-4)40-28-20-18-14-10-6-2)61-45-43-56(44-46-61)53-66(54-59-41-29-31-47-64-59)55-60-42-30-32-48-65-60/h29-32,41-48,57-58H,5-28,33-40,49-55H2,1-4H3. The largest absolute Gasteiger partial charge is 0.465 e. The average molecular weight is 982 g/mol. The second kappa shape index (κ2) is 42.7. The van der Waals surface area contributed by atoms with E-state index in [0.29, 0.717) is 13.2 Å². The quantitative estimate of drug-likeness (QED) is 0.0409. The van der Waals surface area contributed by atoms with E-state index in [0.717, 1.165) is 147 Å². The maximum absolute atomic E-state index is 13.3. The van der Waals surface area contributed by atoms with Gasteiger partial charge in [-0.3, -0.25) is 24.5 Å². The Balaban J connectivity index is 1.53. The molecule has 3 aromatic rings. The number of aromatic nitrogens is 2. The van der Waals surface area contributed by atoms with Gasteiger partial charge >= 0.3 is 11.9 Å². The van der Waals surface area contributed by atoms with Gasteiger partial charge in [0, 0.05) is 50.8 Å². The molecule has 0 saturated carbocycles. The van der Waals surface area contributed by atoms with Gasteiger partial charge in [0.05, 0.1) is 36.4 Å². The molecule has 0 amide bonds. The molecule has 0 aliphatic carbocycles. The van der Waals surface area contributed by atoms with Gasteiger partial charge in [-0.05, 0) is 106 Å². The van der Waals surface area contributed by atoms with Gasteiger partial charge in [0.25, 0.3) is 0 Å². The Kier molecular flexibility index (Phi) is 37.0. The molecule has 400 valence electrons. The molecule has 3 rings (SSSR count). The van der Waals surface area contributed by atoms with E-state index in [1.54, 1.807) is 0 Å². The van der Waals surface area contributed by atoms with Crippen LogP contribution in [-0.4, -0.2) is 53.1 Å². The fourth-order valence-electron chi connectivity index (χ4n) is 9.88. The molecular weight excluding hydrogens is 877 g/mol. The lowest BCUT2D eigenvalue weighted by molar-refractivity contribution is -0.150. The molecule has 0 fully saturated rings. The zero-order chi connectivity index (χ0) is 50.7. The van der Waals surface area contributed by atoms with E-state index in [1.807, 2.05) is 24.5 Å². The number of hydrogen-bond acceptors (Lipinski definition) is 8. The van der Waals surface area contributed by atoms with Gasteiger partial charge in [-0.2, -0.15) is 0 Å². The van der Waals surface area contributed by atoms with Crippen LogP contribution in [0.3, 0.4) is 0 Å². The van der Waals surface area contributed by atoms with Crippen molar-refractivity contribution in [2.45, 2.75) is 253 Å². The second-order valence-corrected chi connectivity index (χ2v) is 20.8. The molecule has 1 aromatic carbocycles. The lowest BCUT2D eigenvalue weighted by Crippen LogP contribution is -2.26. The summed E-state index contributed by atoms with van der Waals surface area (Å²) in [7, 11) is 0. The maximum Gasteiger partial charge on any atom is 0.308 e. The monoisotopic (exact) mass is 981 g/mol. The zero-order valence-electron chi connectivity index (χ0n) is 46.1. The van der Waals surface area contributed by atoms with E-state index in [1.165, 1.54) is 114 Å². The highest BCUT2D eigenvalue weighted by atomic mass is 16.5. The van der Waals surface area contributed by atoms with Gasteiger partial charge in [-0.25, -0.2) is 0 Å². The molecule has 0 spiro atoms. The fraction of sp³-hybridized carbons (Fsp3) is 0.714. The minimum absolute atomic E-state index is 0.0462. The molecule has 0 radical (unpaired) electrons. The number of rotatable bonds is 47. The number of esters is 2. The van der Waals surface area contributed by atoms with Gasteiger partial charge in [-0.1, -0.05) is 193 Å². The molecule has 2 unspecified atom stereocenters. The van der Waals surface area contributed by atoms with Crippen molar-refractivity contribution in [1.29, 1.82) is 0 Å². The number of anilines is 1. The molecule has 2 atom stereocenters. The molecule has 0 N–H and O–H groups in total. The fourth-order valence-corrected chi connectivity index (χ4v) is 9.88. The number of hydrogen-bond donors (Lipinski definition) is 0. The number of carbonyl (C=O) groups is 2. The predicted octanol–water partition coefficient (Wildman–Crippen LogP) is 17.4. The Labute approximate surface area is 435 Å². The summed E-state index contributed by atoms with van der Waals surface area (Å²) >= 11 is 0. The van der Waals surface area contributed by atoms with Crippen molar-refractivity contribution >= 4 is 17.6 Å². The lowest BCUT2D eigenvalue weighted by atomic mass is 9.94. The molecule has 8 heteroatoms. The summed E-state index contributed by atoms with van der Waals surface area (Å²) in [6.45, 7) is 14.4. The molecule has 0 aliphatic heterocycles. The zero-order valence-corrected chi connectivity index (χ0v) is 46.1. The molecule has 0 aliphatic rings. The second-order valence-electron chi connectivity index (χ2n) is 20.8. The maximum atomic E-state index is 13.3. The SMILES string of the molecule is CCCCCCCCC(CCCCCC)C(=O)OCCCCCCN(CCCCCCOC(=O)C(CCCCCC)CCCCCCCC)c1ccc(CN(Cc2ccccn2)Cc2ccccn2)cc1. The first kappa shape index (κ1) is 61.5. The van der Waals surface area contributed by atoms with Gasteiger partial charge in [-0.15, -0.1) is 0 Å². The minimum Gasteiger partial charge on any atom is -0.465 e. The smallest absolute Gasteiger partial charge is 0.308 e. The van der Waals surface area contributed by atoms with Crippen LogP contribution in [-0.2, 0) is 38.7 Å². The average Bonchev–Trinajstić information content (AvgIpc) is 3.39. The lowest BCUT2D eigenvalue weighted by Gasteiger charge is -2.26. The summed E-state index contributed by atoms with van der Waals surface area (Å²) < 4.78 is 11.9. The number of carbonyl (C=O) groups excluding carboxylic acids is 2. The van der Waals surface area contributed by atoms with Crippen LogP contribution in [0.15, 0.2) is 73.1 Å². The molecular formula is C63H104N4O4. The Morgan fingerprint density at radius 2 is 0.789 bits per heavy atom. The topological polar surface area (TPSA) is 84.9 Å². The first-order valence-corrected chi connectivity index (χ1v) is 29.7. The molecule has 0 bridgehead atoms. The molecule has 2 aromatic heterocycles. The minimum atomic E-state index is 0.0462. The van der Waals surface area contributed by atoms with Crippen molar-refractivity contribution in [2.24, 2.45) is 11.8 Å². The third kappa shape index (κ3) is 30.8. The Morgan fingerprint density at radius 3 is 1.18 bits per heavy atom.